The van der Waals surface area contributed by atoms with E-state index >= 15 is 0 Å². The molecule has 1 aliphatic heterocycles. The monoisotopic (exact) mass is 264 g/mol. The summed E-state index contributed by atoms with van der Waals surface area (Å²) in [6.07, 6.45) is 0. The van der Waals surface area contributed by atoms with Crippen LogP contribution < -0.4 is 9.47 Å². The molecular weight excluding hydrogens is 248 g/mol. The number of benzene rings is 3. The van der Waals surface area contributed by atoms with Crippen molar-refractivity contribution >= 4 is 21.5 Å². The fourth-order valence-corrected chi connectivity index (χ4v) is 3.32. The summed E-state index contributed by atoms with van der Waals surface area (Å²) in [4.78, 5) is 0. The van der Waals surface area contributed by atoms with Gasteiger partial charge >= 0.3 is 0 Å². The molecule has 20 heavy (non-hydrogen) atoms. The van der Waals surface area contributed by atoms with E-state index in [1.165, 1.54) is 38.2 Å². The van der Waals surface area contributed by atoms with E-state index in [4.69, 9.17) is 9.47 Å². The predicted molar refractivity (Wildman–Crippen MR) is 81.8 cm³/mol. The lowest BCUT2D eigenvalue weighted by Gasteiger charge is -2.12. The van der Waals surface area contributed by atoms with Crippen LogP contribution in [-0.4, -0.2) is 6.79 Å². The first-order valence-electron chi connectivity index (χ1n) is 6.87. The van der Waals surface area contributed by atoms with Gasteiger partial charge in [-0.3, -0.25) is 0 Å². The van der Waals surface area contributed by atoms with Crippen molar-refractivity contribution in [1.82, 2.24) is 0 Å². The third kappa shape index (κ3) is 1.51. The van der Waals surface area contributed by atoms with Gasteiger partial charge in [-0.1, -0.05) is 23.8 Å². The second-order valence-electron chi connectivity index (χ2n) is 5.62. The van der Waals surface area contributed by atoms with Crippen LogP contribution in [0.3, 0.4) is 0 Å². The van der Waals surface area contributed by atoms with Crippen LogP contribution in [0.4, 0.5) is 0 Å². The van der Waals surface area contributed by atoms with Crippen LogP contribution >= 0.6 is 0 Å². The van der Waals surface area contributed by atoms with Gasteiger partial charge in [-0.2, -0.15) is 0 Å². The van der Waals surface area contributed by atoms with Gasteiger partial charge < -0.3 is 9.47 Å². The van der Waals surface area contributed by atoms with E-state index in [2.05, 4.69) is 51.1 Å². The molecule has 0 unspecified atom stereocenters. The highest BCUT2D eigenvalue weighted by Gasteiger charge is 2.16. The summed E-state index contributed by atoms with van der Waals surface area (Å²) in [5.41, 5.74) is 3.93. The zero-order valence-corrected chi connectivity index (χ0v) is 11.9. The quantitative estimate of drug-likeness (QED) is 0.550. The molecular formula is C18H16O2. The molecule has 1 aliphatic rings. The van der Waals surface area contributed by atoms with Crippen molar-refractivity contribution in [2.45, 2.75) is 20.8 Å². The van der Waals surface area contributed by atoms with Gasteiger partial charge in [0.1, 0.15) is 0 Å². The molecule has 0 fully saturated rings. The first-order chi connectivity index (χ1) is 9.63. The summed E-state index contributed by atoms with van der Waals surface area (Å²) in [6.45, 7) is 6.82. The third-order valence-corrected chi connectivity index (χ3v) is 4.08. The molecule has 100 valence electrons. The van der Waals surface area contributed by atoms with E-state index in [1.54, 1.807) is 0 Å². The number of aryl methyl sites for hydroxylation is 3. The minimum atomic E-state index is 0.320. The fraction of sp³-hybridized carbons (Fsp3) is 0.222. The van der Waals surface area contributed by atoms with Gasteiger partial charge in [-0.15, -0.1) is 0 Å². The average Bonchev–Trinajstić information content (AvgIpc) is 2.82. The van der Waals surface area contributed by atoms with E-state index in [9.17, 15) is 0 Å². The summed E-state index contributed by atoms with van der Waals surface area (Å²) >= 11 is 0. The lowest BCUT2D eigenvalue weighted by Crippen LogP contribution is -1.92. The highest BCUT2D eigenvalue weighted by molar-refractivity contribution is 6.11. The van der Waals surface area contributed by atoms with Gasteiger partial charge in [-0.05, 0) is 65.6 Å². The van der Waals surface area contributed by atoms with Crippen molar-refractivity contribution in [3.05, 3.63) is 47.0 Å². The molecule has 0 amide bonds. The molecule has 0 aromatic heterocycles. The Bertz CT molecular complexity index is 863. The molecule has 3 aromatic rings. The summed E-state index contributed by atoms with van der Waals surface area (Å²) in [5, 5.41) is 5.10. The zero-order valence-electron chi connectivity index (χ0n) is 11.9. The van der Waals surface area contributed by atoms with E-state index < -0.39 is 0 Å². The Morgan fingerprint density at radius 3 is 2.25 bits per heavy atom. The topological polar surface area (TPSA) is 18.5 Å². The predicted octanol–water partition coefficient (Wildman–Crippen LogP) is 4.65. The van der Waals surface area contributed by atoms with Crippen molar-refractivity contribution in [2.24, 2.45) is 0 Å². The standard InChI is InChI=1S/C18H16O2/c1-10-4-11(2)18-12(3)6-13-7-16-17(20-9-19-16)8-14(13)15(18)5-10/h4-8H,9H2,1-3H3. The lowest BCUT2D eigenvalue weighted by molar-refractivity contribution is 0.174. The average molecular weight is 264 g/mol. The molecule has 2 nitrogen and oxygen atoms in total. The van der Waals surface area contributed by atoms with Gasteiger partial charge in [-0.25, -0.2) is 0 Å². The number of ether oxygens (including phenoxy) is 2. The van der Waals surface area contributed by atoms with Crippen LogP contribution in [0, 0.1) is 20.8 Å². The Kier molecular flexibility index (Phi) is 2.25. The van der Waals surface area contributed by atoms with E-state index in [-0.39, 0.29) is 0 Å². The molecule has 4 rings (SSSR count). The Balaban J connectivity index is 2.23. The van der Waals surface area contributed by atoms with Gasteiger partial charge in [0, 0.05) is 0 Å². The van der Waals surface area contributed by atoms with Crippen molar-refractivity contribution in [1.29, 1.82) is 0 Å². The second-order valence-corrected chi connectivity index (χ2v) is 5.62. The lowest BCUT2D eigenvalue weighted by atomic mass is 9.93. The largest absolute Gasteiger partial charge is 0.454 e. The molecule has 0 aliphatic carbocycles. The van der Waals surface area contributed by atoms with Crippen LogP contribution in [0.15, 0.2) is 30.3 Å². The molecule has 1 heterocycles. The molecule has 0 saturated heterocycles. The van der Waals surface area contributed by atoms with Crippen LogP contribution in [0.5, 0.6) is 11.5 Å². The molecule has 0 radical (unpaired) electrons. The smallest absolute Gasteiger partial charge is 0.231 e. The Labute approximate surface area is 117 Å². The molecule has 2 heteroatoms. The minimum absolute atomic E-state index is 0.320. The van der Waals surface area contributed by atoms with Crippen molar-refractivity contribution in [3.8, 4) is 11.5 Å². The number of hydrogen-bond acceptors (Lipinski definition) is 2. The third-order valence-electron chi connectivity index (χ3n) is 4.08. The molecule has 0 N–H and O–H groups in total. The minimum Gasteiger partial charge on any atom is -0.454 e. The molecule has 0 saturated carbocycles. The van der Waals surface area contributed by atoms with Crippen LogP contribution in [0.25, 0.3) is 21.5 Å². The molecule has 3 aromatic carbocycles. The highest BCUT2D eigenvalue weighted by atomic mass is 16.7. The van der Waals surface area contributed by atoms with Crippen LogP contribution in [0.2, 0.25) is 0 Å². The SMILES string of the molecule is Cc1cc(C)c2c(C)cc3cc4c(cc3c2c1)OCO4. The summed E-state index contributed by atoms with van der Waals surface area (Å²) < 4.78 is 11.0. The van der Waals surface area contributed by atoms with E-state index in [1.807, 2.05) is 0 Å². The normalized spacial score (nSPS) is 13.3. The Morgan fingerprint density at radius 1 is 0.750 bits per heavy atom. The summed E-state index contributed by atoms with van der Waals surface area (Å²) in [7, 11) is 0. The number of rotatable bonds is 0. The van der Waals surface area contributed by atoms with Crippen LogP contribution in [-0.2, 0) is 0 Å². The number of fused-ring (bicyclic) bond motifs is 4. The van der Waals surface area contributed by atoms with Gasteiger partial charge in [0.15, 0.2) is 11.5 Å². The maximum atomic E-state index is 5.52. The Hall–Kier alpha value is -2.22. The summed E-state index contributed by atoms with van der Waals surface area (Å²) in [6, 6.07) is 10.9. The molecule has 0 bridgehead atoms. The van der Waals surface area contributed by atoms with Gasteiger partial charge in [0.2, 0.25) is 6.79 Å². The van der Waals surface area contributed by atoms with Crippen molar-refractivity contribution in [2.75, 3.05) is 6.79 Å². The van der Waals surface area contributed by atoms with Crippen molar-refractivity contribution < 1.29 is 9.47 Å². The Morgan fingerprint density at radius 2 is 1.45 bits per heavy atom. The van der Waals surface area contributed by atoms with Crippen molar-refractivity contribution in [3.63, 3.8) is 0 Å². The molecule has 0 spiro atoms. The van der Waals surface area contributed by atoms with Gasteiger partial charge in [0.05, 0.1) is 0 Å². The molecule has 0 atom stereocenters. The first kappa shape index (κ1) is 11.6. The first-order valence-corrected chi connectivity index (χ1v) is 6.87. The van der Waals surface area contributed by atoms with Gasteiger partial charge in [0.25, 0.3) is 0 Å². The van der Waals surface area contributed by atoms with E-state index in [0.717, 1.165) is 11.5 Å². The zero-order chi connectivity index (χ0) is 13.9. The van der Waals surface area contributed by atoms with Crippen LogP contribution in [0.1, 0.15) is 16.7 Å². The van der Waals surface area contributed by atoms with E-state index in [0.29, 0.717) is 6.79 Å². The highest BCUT2D eigenvalue weighted by Crippen LogP contribution is 2.40. The maximum absolute atomic E-state index is 5.52. The maximum Gasteiger partial charge on any atom is 0.231 e. The second kappa shape index (κ2) is 3.89. The fourth-order valence-electron chi connectivity index (χ4n) is 3.32. The number of hydrogen-bond donors (Lipinski definition) is 0. The summed E-state index contributed by atoms with van der Waals surface area (Å²) in [5.74, 6) is 1.70.